The summed E-state index contributed by atoms with van der Waals surface area (Å²) in [6.07, 6.45) is -2.93. The normalized spacial score (nSPS) is 39.0. The zero-order valence-corrected chi connectivity index (χ0v) is 14.9. The van der Waals surface area contributed by atoms with Gasteiger partial charge in [-0.1, -0.05) is 19.9 Å². The minimum Gasteiger partial charge on any atom is -0.308 e. The van der Waals surface area contributed by atoms with Gasteiger partial charge in [0.2, 0.25) is 0 Å². The van der Waals surface area contributed by atoms with Crippen molar-refractivity contribution in [2.24, 2.45) is 11.8 Å². The molecule has 3 fully saturated rings. The van der Waals surface area contributed by atoms with Crippen LogP contribution < -0.4 is 5.69 Å². The fourth-order valence-corrected chi connectivity index (χ4v) is 6.17. The minimum absolute atomic E-state index is 0.0129. The number of H-pyrrole nitrogens is 1. The Kier molecular flexibility index (Phi) is 3.12. The Hall–Kier alpha value is -1.76. The Labute approximate surface area is 149 Å². The zero-order valence-electron chi connectivity index (χ0n) is 14.9. The van der Waals surface area contributed by atoms with Gasteiger partial charge < -0.3 is 9.47 Å². The summed E-state index contributed by atoms with van der Waals surface area (Å²) in [5.41, 5.74) is -0.866. The molecule has 5 rings (SSSR count). The number of halogens is 3. The summed E-state index contributed by atoms with van der Waals surface area (Å²) in [7, 11) is 0. The molecule has 0 amide bonds. The molecule has 3 heterocycles. The predicted molar refractivity (Wildman–Crippen MR) is 91.7 cm³/mol. The molecule has 1 saturated carbocycles. The van der Waals surface area contributed by atoms with Crippen LogP contribution in [0.5, 0.6) is 0 Å². The summed E-state index contributed by atoms with van der Waals surface area (Å²) >= 11 is 0. The number of aromatic nitrogens is 2. The molecule has 2 saturated heterocycles. The van der Waals surface area contributed by atoms with E-state index in [4.69, 9.17) is 0 Å². The number of piperidine rings is 1. The van der Waals surface area contributed by atoms with Crippen molar-refractivity contribution in [3.8, 4) is 0 Å². The first-order chi connectivity index (χ1) is 12.3. The quantitative estimate of drug-likeness (QED) is 0.608. The van der Waals surface area contributed by atoms with Gasteiger partial charge in [0.25, 0.3) is 0 Å². The van der Waals surface area contributed by atoms with E-state index in [2.05, 4.69) is 18.8 Å². The van der Waals surface area contributed by atoms with E-state index in [0.29, 0.717) is 0 Å². The van der Waals surface area contributed by atoms with Crippen molar-refractivity contribution in [1.29, 1.82) is 0 Å². The average Bonchev–Trinajstić information content (AvgIpc) is 3.04. The van der Waals surface area contributed by atoms with Crippen LogP contribution in [0.3, 0.4) is 0 Å². The first kappa shape index (κ1) is 16.4. The zero-order chi connectivity index (χ0) is 18.4. The largest absolute Gasteiger partial charge is 0.418 e. The first-order valence-corrected chi connectivity index (χ1v) is 9.42. The number of nitrogens with one attached hydrogen (secondary N) is 1. The second-order valence-electron chi connectivity index (χ2n) is 8.48. The van der Waals surface area contributed by atoms with Crippen LogP contribution in [0.4, 0.5) is 13.2 Å². The minimum atomic E-state index is -4.47. The third-order valence-corrected chi connectivity index (χ3v) is 7.52. The van der Waals surface area contributed by atoms with Crippen molar-refractivity contribution in [1.82, 2.24) is 9.55 Å². The van der Waals surface area contributed by atoms with Crippen LogP contribution in [0.2, 0.25) is 0 Å². The van der Waals surface area contributed by atoms with Crippen molar-refractivity contribution < 1.29 is 17.7 Å². The molecule has 3 unspecified atom stereocenters. The van der Waals surface area contributed by atoms with E-state index in [1.165, 1.54) is 10.6 Å². The molecule has 0 bridgehead atoms. The van der Waals surface area contributed by atoms with E-state index in [0.717, 1.165) is 60.4 Å². The Morgan fingerprint density at radius 2 is 1.73 bits per heavy atom. The van der Waals surface area contributed by atoms with Gasteiger partial charge in [0.15, 0.2) is 0 Å². The molecule has 3 aliphatic rings. The summed E-state index contributed by atoms with van der Waals surface area (Å²) in [6.45, 7) is 6.57. The highest BCUT2D eigenvalue weighted by Gasteiger charge is 2.79. The van der Waals surface area contributed by atoms with Crippen LogP contribution in [0, 0.1) is 11.8 Å². The Bertz CT molecular complexity index is 920. The maximum absolute atomic E-state index is 13.5. The summed E-state index contributed by atoms with van der Waals surface area (Å²) in [6, 6.07) is 5.30. The molecule has 2 aliphatic heterocycles. The molecule has 0 radical (unpaired) electrons. The lowest BCUT2D eigenvalue weighted by Crippen LogP contribution is -2.40. The molecular weight excluding hydrogens is 343 g/mol. The van der Waals surface area contributed by atoms with Gasteiger partial charge in [0.1, 0.15) is 12.1 Å². The second-order valence-corrected chi connectivity index (χ2v) is 8.48. The molecule has 1 aliphatic carbocycles. The number of rotatable bonds is 1. The predicted octanol–water partition coefficient (Wildman–Crippen LogP) is 3.54. The molecule has 140 valence electrons. The number of benzene rings is 1. The molecule has 1 spiro atoms. The molecule has 4 atom stereocenters. The van der Waals surface area contributed by atoms with E-state index >= 15 is 0 Å². The van der Waals surface area contributed by atoms with Gasteiger partial charge in [-0.25, -0.2) is 4.79 Å². The number of alkyl halides is 3. The second kappa shape index (κ2) is 4.94. The van der Waals surface area contributed by atoms with Gasteiger partial charge in [0.05, 0.1) is 29.7 Å². The number of hydrogen-bond acceptors (Lipinski definition) is 1. The summed E-state index contributed by atoms with van der Waals surface area (Å²) in [5.74, 6) is 1.48. The van der Waals surface area contributed by atoms with Crippen molar-refractivity contribution >= 4 is 11.0 Å². The van der Waals surface area contributed by atoms with Crippen molar-refractivity contribution in [3.05, 3.63) is 34.2 Å². The van der Waals surface area contributed by atoms with Crippen molar-refractivity contribution in [3.63, 3.8) is 0 Å². The van der Waals surface area contributed by atoms with Gasteiger partial charge in [-0.2, -0.15) is 13.2 Å². The lowest BCUT2D eigenvalue weighted by Gasteiger charge is -2.31. The van der Waals surface area contributed by atoms with Gasteiger partial charge in [0, 0.05) is 30.7 Å². The molecule has 4 nitrogen and oxygen atoms in total. The van der Waals surface area contributed by atoms with Crippen LogP contribution in [-0.4, -0.2) is 39.2 Å². The molecule has 7 heteroatoms. The Balaban J connectivity index is 1.50. The standard InChI is InChI=1S/C19H22F3N3O/c1-10-11(2)17-16(10)25(17)8-6-12(7-9-25)24-15-13(19(20,21)22)4-3-5-14(15)23-18(24)26/h3-5,10-12,16-17H,6-9H2,1-2H3/p+1/t10-,11?,12?,16?,17?,25?/m0/s1. The van der Waals surface area contributed by atoms with Gasteiger partial charge in [-0.15, -0.1) is 0 Å². The molecule has 1 aromatic carbocycles. The number of quaternary nitrogens is 1. The Morgan fingerprint density at radius 1 is 1.12 bits per heavy atom. The van der Waals surface area contributed by atoms with Crippen molar-refractivity contribution in [2.75, 3.05) is 13.1 Å². The highest BCUT2D eigenvalue weighted by molar-refractivity contribution is 5.79. The van der Waals surface area contributed by atoms with E-state index in [9.17, 15) is 18.0 Å². The van der Waals surface area contributed by atoms with E-state index in [1.807, 2.05) is 0 Å². The topological polar surface area (TPSA) is 37.8 Å². The molecular formula is C19H23F3N3O+. The number of hydrogen-bond donors (Lipinski definition) is 1. The van der Waals surface area contributed by atoms with E-state index in [1.54, 1.807) is 6.07 Å². The molecule has 1 N–H and O–H groups in total. The average molecular weight is 366 g/mol. The van der Waals surface area contributed by atoms with E-state index < -0.39 is 17.4 Å². The van der Waals surface area contributed by atoms with E-state index in [-0.39, 0.29) is 17.1 Å². The van der Waals surface area contributed by atoms with Crippen LogP contribution in [0.1, 0.15) is 38.3 Å². The highest BCUT2D eigenvalue weighted by Crippen LogP contribution is 2.62. The number of aromatic amines is 1. The van der Waals surface area contributed by atoms with Crippen LogP contribution in [0.15, 0.2) is 23.0 Å². The molecule has 1 aromatic heterocycles. The third-order valence-electron chi connectivity index (χ3n) is 7.52. The fraction of sp³-hybridized carbons (Fsp3) is 0.632. The lowest BCUT2D eigenvalue weighted by molar-refractivity contribution is -0.827. The third kappa shape index (κ3) is 1.92. The van der Waals surface area contributed by atoms with Crippen molar-refractivity contribution in [2.45, 2.75) is 51.0 Å². The summed E-state index contributed by atoms with van der Waals surface area (Å²) in [4.78, 5) is 15.1. The number of fused-ring (bicyclic) bond motifs is 4. The highest BCUT2D eigenvalue weighted by atomic mass is 19.4. The maximum atomic E-state index is 13.5. The smallest absolute Gasteiger partial charge is 0.308 e. The first-order valence-electron chi connectivity index (χ1n) is 9.42. The molecule has 26 heavy (non-hydrogen) atoms. The fourth-order valence-electron chi connectivity index (χ4n) is 6.17. The van der Waals surface area contributed by atoms with Crippen LogP contribution >= 0.6 is 0 Å². The monoisotopic (exact) mass is 366 g/mol. The number of para-hydroxylation sites is 1. The maximum Gasteiger partial charge on any atom is 0.418 e. The van der Waals surface area contributed by atoms with Crippen LogP contribution in [-0.2, 0) is 6.18 Å². The van der Waals surface area contributed by atoms with Gasteiger partial charge in [-0.05, 0) is 12.1 Å². The SMILES string of the molecule is CC1C2C([C@H]1C)[N+]21CCC(n2c(=O)[nH]c3cccc(C(F)(F)F)c32)CC1. The molecule has 2 aromatic rings. The number of nitrogens with zero attached hydrogens (tertiary/aromatic N) is 2. The Morgan fingerprint density at radius 3 is 2.31 bits per heavy atom. The number of imidazole rings is 1. The van der Waals surface area contributed by atoms with Gasteiger partial charge in [-0.3, -0.25) is 4.57 Å². The lowest BCUT2D eigenvalue weighted by atomic mass is 9.77. The van der Waals surface area contributed by atoms with Crippen LogP contribution in [0.25, 0.3) is 11.0 Å². The van der Waals surface area contributed by atoms with Gasteiger partial charge >= 0.3 is 11.9 Å². The summed E-state index contributed by atoms with van der Waals surface area (Å²) < 4.78 is 42.9. The summed E-state index contributed by atoms with van der Waals surface area (Å²) in [5, 5.41) is 0.